The van der Waals surface area contributed by atoms with Gasteiger partial charge in [-0.25, -0.2) is 12.7 Å². The van der Waals surface area contributed by atoms with E-state index in [9.17, 15) is 8.42 Å². The average Bonchev–Trinajstić information content (AvgIpc) is 3.12. The monoisotopic (exact) mass is 260 g/mol. The van der Waals surface area contributed by atoms with E-state index < -0.39 is 10.0 Å². The van der Waals surface area contributed by atoms with Crippen LogP contribution in [0.5, 0.6) is 0 Å². The first-order valence-electron chi connectivity index (χ1n) is 6.86. The highest BCUT2D eigenvalue weighted by molar-refractivity contribution is 7.90. The quantitative estimate of drug-likeness (QED) is 0.706. The van der Waals surface area contributed by atoms with E-state index >= 15 is 0 Å². The molecule has 2 fully saturated rings. The third-order valence-corrected chi connectivity index (χ3v) is 6.40. The van der Waals surface area contributed by atoms with Crippen LogP contribution < -0.4 is 0 Å². The van der Waals surface area contributed by atoms with Gasteiger partial charge in [0.25, 0.3) is 0 Å². The number of sulfonamides is 1. The summed E-state index contributed by atoms with van der Waals surface area (Å²) in [6.45, 7) is 5.76. The molecule has 0 aromatic carbocycles. The van der Waals surface area contributed by atoms with Crippen LogP contribution in [0.4, 0.5) is 0 Å². The van der Waals surface area contributed by atoms with Gasteiger partial charge >= 0.3 is 0 Å². The SMILES string of the molecule is CCN(CC)S(=O)(=O)C1CN1C1CCCCC1. The van der Waals surface area contributed by atoms with E-state index in [1.807, 2.05) is 13.8 Å². The van der Waals surface area contributed by atoms with E-state index in [1.54, 1.807) is 4.31 Å². The minimum atomic E-state index is -3.07. The molecule has 17 heavy (non-hydrogen) atoms. The summed E-state index contributed by atoms with van der Waals surface area (Å²) < 4.78 is 26.2. The zero-order valence-electron chi connectivity index (χ0n) is 10.9. The second-order valence-electron chi connectivity index (χ2n) is 5.07. The molecule has 0 aromatic heterocycles. The van der Waals surface area contributed by atoms with Gasteiger partial charge in [0.05, 0.1) is 0 Å². The van der Waals surface area contributed by atoms with Gasteiger partial charge < -0.3 is 0 Å². The van der Waals surface area contributed by atoms with E-state index in [0.717, 1.165) is 6.54 Å². The van der Waals surface area contributed by atoms with E-state index in [2.05, 4.69) is 4.90 Å². The Morgan fingerprint density at radius 1 is 1.12 bits per heavy atom. The van der Waals surface area contributed by atoms with Crippen molar-refractivity contribution in [1.82, 2.24) is 9.21 Å². The summed E-state index contributed by atoms with van der Waals surface area (Å²) in [4.78, 5) is 2.19. The van der Waals surface area contributed by atoms with Crippen LogP contribution in [-0.4, -0.2) is 48.7 Å². The van der Waals surface area contributed by atoms with Crippen LogP contribution in [0.15, 0.2) is 0 Å². The molecule has 2 aliphatic rings. The number of hydrogen-bond acceptors (Lipinski definition) is 3. The highest BCUT2D eigenvalue weighted by Gasteiger charge is 2.50. The van der Waals surface area contributed by atoms with Crippen LogP contribution in [0.25, 0.3) is 0 Å². The van der Waals surface area contributed by atoms with Gasteiger partial charge in [-0.05, 0) is 12.8 Å². The van der Waals surface area contributed by atoms with E-state index in [-0.39, 0.29) is 5.37 Å². The summed E-state index contributed by atoms with van der Waals surface area (Å²) in [5.74, 6) is 0. The lowest BCUT2D eigenvalue weighted by molar-refractivity contribution is 0.290. The minimum absolute atomic E-state index is 0.217. The molecule has 4 nitrogen and oxygen atoms in total. The number of nitrogens with zero attached hydrogens (tertiary/aromatic N) is 2. The first-order valence-corrected chi connectivity index (χ1v) is 8.36. The summed E-state index contributed by atoms with van der Waals surface area (Å²) in [7, 11) is -3.07. The van der Waals surface area contributed by atoms with Crippen molar-refractivity contribution in [3.05, 3.63) is 0 Å². The second kappa shape index (κ2) is 5.24. The molecule has 2 unspecified atom stereocenters. The zero-order chi connectivity index (χ0) is 12.5. The third kappa shape index (κ3) is 2.66. The first-order chi connectivity index (χ1) is 8.11. The predicted molar refractivity (Wildman–Crippen MR) is 69.2 cm³/mol. The van der Waals surface area contributed by atoms with Crippen molar-refractivity contribution in [2.24, 2.45) is 0 Å². The summed E-state index contributed by atoms with van der Waals surface area (Å²) in [6, 6.07) is 0.527. The normalized spacial score (nSPS) is 30.8. The summed E-state index contributed by atoms with van der Waals surface area (Å²) in [5.41, 5.74) is 0. The van der Waals surface area contributed by atoms with Gasteiger partial charge in [-0.1, -0.05) is 33.1 Å². The van der Waals surface area contributed by atoms with Crippen molar-refractivity contribution in [3.63, 3.8) is 0 Å². The van der Waals surface area contributed by atoms with Gasteiger partial charge in [0.1, 0.15) is 5.37 Å². The smallest absolute Gasteiger partial charge is 0.231 e. The van der Waals surface area contributed by atoms with Gasteiger partial charge in [-0.2, -0.15) is 0 Å². The Bertz CT molecular complexity index is 346. The molecule has 0 amide bonds. The highest BCUT2D eigenvalue weighted by Crippen LogP contribution is 2.34. The summed E-state index contributed by atoms with van der Waals surface area (Å²) >= 11 is 0. The lowest BCUT2D eigenvalue weighted by atomic mass is 9.96. The Morgan fingerprint density at radius 2 is 1.71 bits per heavy atom. The highest BCUT2D eigenvalue weighted by atomic mass is 32.2. The van der Waals surface area contributed by atoms with E-state index in [1.165, 1.54) is 32.1 Å². The maximum atomic E-state index is 12.3. The van der Waals surface area contributed by atoms with Gasteiger partial charge in [-0.15, -0.1) is 0 Å². The lowest BCUT2D eigenvalue weighted by Gasteiger charge is -2.25. The Hall–Kier alpha value is -0.130. The van der Waals surface area contributed by atoms with Crippen LogP contribution in [0, 0.1) is 0 Å². The minimum Gasteiger partial charge on any atom is -0.279 e. The zero-order valence-corrected chi connectivity index (χ0v) is 11.7. The Morgan fingerprint density at radius 3 is 2.24 bits per heavy atom. The molecule has 0 spiro atoms. The fourth-order valence-corrected chi connectivity index (χ4v) is 4.89. The molecule has 1 aliphatic carbocycles. The summed E-state index contributed by atoms with van der Waals surface area (Å²) in [6.07, 6.45) is 6.21. The lowest BCUT2D eigenvalue weighted by Crippen LogP contribution is -2.37. The molecule has 1 saturated carbocycles. The molecule has 2 atom stereocenters. The molecule has 1 saturated heterocycles. The molecule has 0 radical (unpaired) electrons. The average molecular weight is 260 g/mol. The third-order valence-electron chi connectivity index (χ3n) is 4.06. The van der Waals surface area contributed by atoms with Gasteiger partial charge in [0, 0.05) is 25.7 Å². The number of rotatable bonds is 5. The first kappa shape index (κ1) is 13.3. The Kier molecular flexibility index (Phi) is 4.10. The molecule has 0 aromatic rings. The van der Waals surface area contributed by atoms with Crippen LogP contribution >= 0.6 is 0 Å². The van der Waals surface area contributed by atoms with Crippen molar-refractivity contribution >= 4 is 10.0 Å². The Labute approximate surface area is 105 Å². The van der Waals surface area contributed by atoms with Crippen molar-refractivity contribution in [3.8, 4) is 0 Å². The van der Waals surface area contributed by atoms with Crippen molar-refractivity contribution < 1.29 is 8.42 Å². The standard InChI is InChI=1S/C12H24N2O2S/c1-3-13(4-2)17(15,16)12-10-14(12)11-8-6-5-7-9-11/h11-12H,3-10H2,1-2H3. The molecule has 5 heteroatoms. The van der Waals surface area contributed by atoms with E-state index in [4.69, 9.17) is 0 Å². The van der Waals surface area contributed by atoms with Gasteiger partial charge in [0.2, 0.25) is 10.0 Å². The predicted octanol–water partition coefficient (Wildman–Crippen LogP) is 1.63. The van der Waals surface area contributed by atoms with Crippen molar-refractivity contribution in [2.75, 3.05) is 19.6 Å². The van der Waals surface area contributed by atoms with Gasteiger partial charge in [-0.3, -0.25) is 4.90 Å². The number of hydrogen-bond donors (Lipinski definition) is 0. The summed E-state index contributed by atoms with van der Waals surface area (Å²) in [5, 5.41) is -0.217. The van der Waals surface area contributed by atoms with Crippen molar-refractivity contribution in [2.45, 2.75) is 57.4 Å². The Balaban J connectivity index is 1.97. The maximum absolute atomic E-state index is 12.3. The molecule has 0 N–H and O–H groups in total. The molecule has 2 rings (SSSR count). The molecule has 0 bridgehead atoms. The molecular formula is C12H24N2O2S. The fraction of sp³-hybridized carbons (Fsp3) is 1.00. The molecular weight excluding hydrogens is 236 g/mol. The van der Waals surface area contributed by atoms with E-state index in [0.29, 0.717) is 19.1 Å². The second-order valence-corrected chi connectivity index (χ2v) is 7.16. The maximum Gasteiger partial charge on any atom is 0.231 e. The largest absolute Gasteiger partial charge is 0.279 e. The van der Waals surface area contributed by atoms with Crippen LogP contribution in [0.3, 0.4) is 0 Å². The van der Waals surface area contributed by atoms with Crippen molar-refractivity contribution in [1.29, 1.82) is 0 Å². The molecule has 1 aliphatic heterocycles. The van der Waals surface area contributed by atoms with Crippen LogP contribution in [-0.2, 0) is 10.0 Å². The topological polar surface area (TPSA) is 40.4 Å². The van der Waals surface area contributed by atoms with Gasteiger partial charge in [0.15, 0.2) is 0 Å². The van der Waals surface area contributed by atoms with Crippen LogP contribution in [0.2, 0.25) is 0 Å². The van der Waals surface area contributed by atoms with Crippen LogP contribution in [0.1, 0.15) is 46.0 Å². The fourth-order valence-electron chi connectivity index (χ4n) is 2.95. The molecule has 100 valence electrons. The molecule has 1 heterocycles.